The molecule has 0 saturated heterocycles. The summed E-state index contributed by atoms with van der Waals surface area (Å²) in [4.78, 5) is 4.40. The van der Waals surface area contributed by atoms with Gasteiger partial charge in [0.2, 0.25) is 0 Å². The van der Waals surface area contributed by atoms with E-state index < -0.39 is 0 Å². The average molecular weight is 205 g/mol. The van der Waals surface area contributed by atoms with Crippen LogP contribution in [0.5, 0.6) is 0 Å². The molecular weight excluding hydrogens is 190 g/mol. The predicted molar refractivity (Wildman–Crippen MR) is 61.7 cm³/mol. The number of hydrazine groups is 1. The molecule has 1 aromatic rings. The van der Waals surface area contributed by atoms with Gasteiger partial charge < -0.3 is 5.43 Å². The highest BCUT2D eigenvalue weighted by Gasteiger charge is 2.06. The molecule has 0 aliphatic heterocycles. The van der Waals surface area contributed by atoms with Crippen LogP contribution in [0.15, 0.2) is 28.4 Å². The Morgan fingerprint density at radius 2 is 2.27 bits per heavy atom. The Morgan fingerprint density at radius 3 is 2.80 bits per heavy atom. The lowest BCUT2D eigenvalue weighted by molar-refractivity contribution is 0.818. The largest absolute Gasteiger partial charge is 0.305 e. The Balaban J connectivity index is 3.08. The number of rotatable bonds is 3. The van der Waals surface area contributed by atoms with Gasteiger partial charge in [0.1, 0.15) is 5.69 Å². The van der Waals surface area contributed by atoms with Gasteiger partial charge in [-0.2, -0.15) is 5.10 Å². The molecule has 0 bridgehead atoms. The second-order valence-electron chi connectivity index (χ2n) is 3.34. The Labute approximate surface area is 89.1 Å². The lowest BCUT2D eigenvalue weighted by Gasteiger charge is -2.07. The SMILES string of the molecule is C=N/N=C(\NN)c1cccc(C(C)C)n1. The Morgan fingerprint density at radius 1 is 1.53 bits per heavy atom. The first kappa shape index (κ1) is 11.3. The highest BCUT2D eigenvalue weighted by molar-refractivity contribution is 5.96. The van der Waals surface area contributed by atoms with Gasteiger partial charge >= 0.3 is 0 Å². The van der Waals surface area contributed by atoms with Crippen molar-refractivity contribution in [3.8, 4) is 0 Å². The van der Waals surface area contributed by atoms with Crippen molar-refractivity contribution in [1.29, 1.82) is 0 Å². The van der Waals surface area contributed by atoms with E-state index in [0.29, 0.717) is 17.4 Å². The Bertz CT molecular complexity index is 370. The minimum Gasteiger partial charge on any atom is -0.305 e. The Kier molecular flexibility index (Phi) is 3.93. The molecule has 0 atom stereocenters. The number of hydrogen-bond donors (Lipinski definition) is 2. The summed E-state index contributed by atoms with van der Waals surface area (Å²) in [6.07, 6.45) is 0. The van der Waals surface area contributed by atoms with Crippen LogP contribution in [0.3, 0.4) is 0 Å². The van der Waals surface area contributed by atoms with Crippen LogP contribution in [-0.4, -0.2) is 17.5 Å². The van der Waals surface area contributed by atoms with E-state index in [4.69, 9.17) is 5.84 Å². The summed E-state index contributed by atoms with van der Waals surface area (Å²) < 4.78 is 0. The maximum atomic E-state index is 5.31. The predicted octanol–water partition coefficient (Wildman–Crippen LogP) is 1.03. The molecule has 0 aliphatic carbocycles. The van der Waals surface area contributed by atoms with Crippen molar-refractivity contribution >= 4 is 12.6 Å². The quantitative estimate of drug-likeness (QED) is 0.335. The summed E-state index contributed by atoms with van der Waals surface area (Å²) in [5.41, 5.74) is 4.09. The zero-order valence-corrected chi connectivity index (χ0v) is 8.94. The van der Waals surface area contributed by atoms with Gasteiger partial charge in [-0.05, 0) is 18.1 Å². The van der Waals surface area contributed by atoms with E-state index in [9.17, 15) is 0 Å². The molecule has 1 heterocycles. The maximum Gasteiger partial charge on any atom is 0.188 e. The molecule has 0 aliphatic rings. The van der Waals surface area contributed by atoms with Crippen molar-refractivity contribution in [2.24, 2.45) is 16.0 Å². The van der Waals surface area contributed by atoms with Crippen molar-refractivity contribution in [2.75, 3.05) is 0 Å². The first-order valence-electron chi connectivity index (χ1n) is 4.66. The second-order valence-corrected chi connectivity index (χ2v) is 3.34. The van der Waals surface area contributed by atoms with E-state index in [-0.39, 0.29) is 0 Å². The third kappa shape index (κ3) is 2.85. The number of hydrogen-bond acceptors (Lipinski definition) is 4. The monoisotopic (exact) mass is 205 g/mol. The van der Waals surface area contributed by atoms with E-state index >= 15 is 0 Å². The molecule has 0 aromatic carbocycles. The van der Waals surface area contributed by atoms with Crippen LogP contribution in [0, 0.1) is 0 Å². The van der Waals surface area contributed by atoms with Crippen LogP contribution < -0.4 is 11.3 Å². The zero-order valence-electron chi connectivity index (χ0n) is 8.94. The lowest BCUT2D eigenvalue weighted by Crippen LogP contribution is -2.31. The van der Waals surface area contributed by atoms with Crippen molar-refractivity contribution in [2.45, 2.75) is 19.8 Å². The molecule has 0 spiro atoms. The zero-order chi connectivity index (χ0) is 11.3. The summed E-state index contributed by atoms with van der Waals surface area (Å²) in [5, 5.41) is 7.16. The van der Waals surface area contributed by atoms with E-state index in [1.807, 2.05) is 18.2 Å². The summed E-state index contributed by atoms with van der Waals surface area (Å²) in [6.45, 7) is 7.42. The van der Waals surface area contributed by atoms with Crippen LogP contribution in [-0.2, 0) is 0 Å². The maximum absolute atomic E-state index is 5.31. The number of nitrogens with zero attached hydrogens (tertiary/aromatic N) is 3. The van der Waals surface area contributed by atoms with Crippen LogP contribution in [0.1, 0.15) is 31.2 Å². The van der Waals surface area contributed by atoms with Gasteiger partial charge in [-0.3, -0.25) is 0 Å². The highest BCUT2D eigenvalue weighted by Crippen LogP contribution is 2.11. The van der Waals surface area contributed by atoms with Gasteiger partial charge in [0.05, 0.1) is 0 Å². The van der Waals surface area contributed by atoms with Crippen LogP contribution in [0.2, 0.25) is 0 Å². The van der Waals surface area contributed by atoms with E-state index in [1.165, 1.54) is 0 Å². The van der Waals surface area contributed by atoms with Gasteiger partial charge in [-0.25, -0.2) is 10.8 Å². The number of aromatic nitrogens is 1. The second kappa shape index (κ2) is 5.21. The number of amidine groups is 1. The van der Waals surface area contributed by atoms with Crippen molar-refractivity contribution in [1.82, 2.24) is 10.4 Å². The number of nitrogens with one attached hydrogen (secondary N) is 1. The van der Waals surface area contributed by atoms with Gasteiger partial charge in [-0.15, -0.1) is 5.10 Å². The third-order valence-electron chi connectivity index (χ3n) is 1.91. The highest BCUT2D eigenvalue weighted by atomic mass is 15.3. The minimum atomic E-state index is 0.362. The summed E-state index contributed by atoms with van der Waals surface area (Å²) in [6, 6.07) is 5.69. The first-order valence-corrected chi connectivity index (χ1v) is 4.66. The van der Waals surface area contributed by atoms with Crippen LogP contribution in [0.4, 0.5) is 0 Å². The number of pyridine rings is 1. The fourth-order valence-electron chi connectivity index (χ4n) is 1.13. The standard InChI is InChI=1S/C10H15N5/c1-7(2)8-5-4-6-9(13-8)10(14-11)15-12-3/h4-7H,3,11H2,1-2H3,(H,14,15). The molecule has 5 nitrogen and oxygen atoms in total. The smallest absolute Gasteiger partial charge is 0.188 e. The van der Waals surface area contributed by atoms with E-state index in [0.717, 1.165) is 5.69 Å². The van der Waals surface area contributed by atoms with Crippen molar-refractivity contribution < 1.29 is 0 Å². The Hall–Kier alpha value is -1.75. The van der Waals surface area contributed by atoms with Gasteiger partial charge in [0.25, 0.3) is 0 Å². The molecule has 0 fully saturated rings. The molecule has 5 heteroatoms. The minimum absolute atomic E-state index is 0.362. The molecule has 3 N–H and O–H groups in total. The summed E-state index contributed by atoms with van der Waals surface area (Å²) in [7, 11) is 0. The molecule has 0 saturated carbocycles. The van der Waals surface area contributed by atoms with E-state index in [2.05, 4.69) is 41.2 Å². The molecule has 0 amide bonds. The van der Waals surface area contributed by atoms with Gasteiger partial charge in [0, 0.05) is 12.4 Å². The summed E-state index contributed by atoms with van der Waals surface area (Å²) in [5.74, 6) is 6.08. The molecule has 0 unspecified atom stereocenters. The normalized spacial score (nSPS) is 11.6. The van der Waals surface area contributed by atoms with Crippen molar-refractivity contribution in [3.05, 3.63) is 29.6 Å². The molecule has 80 valence electrons. The molecular formula is C10H15N5. The van der Waals surface area contributed by atoms with E-state index in [1.54, 1.807) is 0 Å². The molecule has 0 radical (unpaired) electrons. The fourth-order valence-corrected chi connectivity index (χ4v) is 1.13. The lowest BCUT2D eigenvalue weighted by atomic mass is 10.1. The van der Waals surface area contributed by atoms with Gasteiger partial charge in [0.15, 0.2) is 5.84 Å². The van der Waals surface area contributed by atoms with Crippen LogP contribution in [0.25, 0.3) is 0 Å². The first-order chi connectivity index (χ1) is 7.19. The van der Waals surface area contributed by atoms with Crippen molar-refractivity contribution in [3.63, 3.8) is 0 Å². The number of nitrogens with two attached hydrogens (primary N) is 1. The van der Waals surface area contributed by atoms with Gasteiger partial charge in [-0.1, -0.05) is 19.9 Å². The molecule has 15 heavy (non-hydrogen) atoms. The van der Waals surface area contributed by atoms with Crippen LogP contribution >= 0.6 is 0 Å². The molecule has 1 aromatic heterocycles. The third-order valence-corrected chi connectivity index (χ3v) is 1.91. The average Bonchev–Trinajstić information content (AvgIpc) is 2.26. The molecule has 1 rings (SSSR count). The summed E-state index contributed by atoms with van der Waals surface area (Å²) >= 11 is 0. The topological polar surface area (TPSA) is 75.7 Å². The fraction of sp³-hybridized carbons (Fsp3) is 0.300.